The number of hydrazine groups is 1. The molecule has 4 rings (SSSR count). The molecule has 2 aromatic rings. The third kappa shape index (κ3) is 6.13. The van der Waals surface area contributed by atoms with Crippen LogP contribution in [0, 0.1) is 11.6 Å². The molecule has 2 fully saturated rings. The SMILES string of the molecule is NNC(=O)c1ccc(CN(c2ccc(F)c(Cl)c2)S(=O)(=O)CCN2CCN(C3COC3)CC2)c(F)c1. The lowest BCUT2D eigenvalue weighted by Crippen LogP contribution is -2.57. The molecule has 2 aliphatic heterocycles. The van der Waals surface area contributed by atoms with Gasteiger partial charge in [0.1, 0.15) is 11.6 Å². The number of sulfonamides is 1. The predicted octanol–water partition coefficient (Wildman–Crippen LogP) is 1.57. The Labute approximate surface area is 213 Å². The highest BCUT2D eigenvalue weighted by molar-refractivity contribution is 7.92. The van der Waals surface area contributed by atoms with Gasteiger partial charge in [-0.15, -0.1) is 0 Å². The van der Waals surface area contributed by atoms with Gasteiger partial charge in [-0.3, -0.25) is 24.3 Å². The molecule has 1 amide bonds. The Kier molecular flexibility index (Phi) is 8.43. The zero-order valence-corrected chi connectivity index (χ0v) is 21.1. The van der Waals surface area contributed by atoms with Crippen LogP contribution in [0.2, 0.25) is 5.02 Å². The fourth-order valence-corrected chi connectivity index (χ4v) is 5.84. The van der Waals surface area contributed by atoms with Crippen molar-refractivity contribution >= 4 is 33.2 Å². The molecule has 2 heterocycles. The highest BCUT2D eigenvalue weighted by atomic mass is 35.5. The van der Waals surface area contributed by atoms with Crippen molar-refractivity contribution in [1.29, 1.82) is 0 Å². The maximum Gasteiger partial charge on any atom is 0.265 e. The van der Waals surface area contributed by atoms with Gasteiger partial charge in [-0.1, -0.05) is 17.7 Å². The molecule has 0 radical (unpaired) electrons. The van der Waals surface area contributed by atoms with Gasteiger partial charge in [0.2, 0.25) is 10.0 Å². The van der Waals surface area contributed by atoms with E-state index in [9.17, 15) is 22.0 Å². The minimum absolute atomic E-state index is 0.00871. The van der Waals surface area contributed by atoms with E-state index >= 15 is 0 Å². The number of nitrogens with two attached hydrogens (primary N) is 1. The quantitative estimate of drug-likeness (QED) is 0.281. The van der Waals surface area contributed by atoms with Crippen LogP contribution in [-0.4, -0.2) is 81.9 Å². The molecule has 0 aromatic heterocycles. The zero-order valence-electron chi connectivity index (χ0n) is 19.5. The molecule has 36 heavy (non-hydrogen) atoms. The van der Waals surface area contributed by atoms with Crippen LogP contribution in [0.1, 0.15) is 15.9 Å². The van der Waals surface area contributed by atoms with Crippen molar-refractivity contribution in [3.05, 3.63) is 64.2 Å². The lowest BCUT2D eigenvalue weighted by molar-refractivity contribution is -0.0764. The van der Waals surface area contributed by atoms with Gasteiger partial charge in [0, 0.05) is 43.9 Å². The van der Waals surface area contributed by atoms with Crippen molar-refractivity contribution in [2.75, 3.05) is 56.0 Å². The maximum atomic E-state index is 14.8. The Bertz CT molecular complexity index is 1210. The average molecular weight is 544 g/mol. The Morgan fingerprint density at radius 3 is 2.42 bits per heavy atom. The van der Waals surface area contributed by atoms with E-state index in [0.717, 1.165) is 55.8 Å². The van der Waals surface area contributed by atoms with Crippen molar-refractivity contribution in [3.63, 3.8) is 0 Å². The zero-order chi connectivity index (χ0) is 25.9. The molecule has 2 aromatic carbocycles. The van der Waals surface area contributed by atoms with Crippen molar-refractivity contribution in [2.24, 2.45) is 5.84 Å². The fourth-order valence-electron chi connectivity index (χ4n) is 4.19. The first-order valence-corrected chi connectivity index (χ1v) is 13.5. The Hall–Kier alpha value is -2.35. The number of hydrogen-bond acceptors (Lipinski definition) is 7. The highest BCUT2D eigenvalue weighted by Gasteiger charge is 2.30. The molecule has 0 unspecified atom stereocenters. The Morgan fingerprint density at radius 1 is 1.11 bits per heavy atom. The lowest BCUT2D eigenvalue weighted by Gasteiger charge is -2.42. The van der Waals surface area contributed by atoms with Crippen LogP contribution in [0.5, 0.6) is 0 Å². The predicted molar refractivity (Wildman–Crippen MR) is 132 cm³/mol. The monoisotopic (exact) mass is 543 g/mol. The fraction of sp³-hybridized carbons (Fsp3) is 0.435. The number of rotatable bonds is 9. The normalized spacial score (nSPS) is 17.6. The van der Waals surface area contributed by atoms with Crippen molar-refractivity contribution in [2.45, 2.75) is 12.6 Å². The number of nitrogens with one attached hydrogen (secondary N) is 1. The average Bonchev–Trinajstić information content (AvgIpc) is 2.83. The van der Waals surface area contributed by atoms with Gasteiger partial charge in [-0.2, -0.15) is 0 Å². The molecule has 0 bridgehead atoms. The van der Waals surface area contributed by atoms with E-state index in [-0.39, 0.29) is 34.1 Å². The first-order chi connectivity index (χ1) is 17.2. The number of carbonyl (C=O) groups is 1. The van der Waals surface area contributed by atoms with Gasteiger partial charge in [0.05, 0.1) is 42.3 Å². The second kappa shape index (κ2) is 11.4. The van der Waals surface area contributed by atoms with Gasteiger partial charge in [0.15, 0.2) is 0 Å². The first kappa shape index (κ1) is 26.7. The van der Waals surface area contributed by atoms with Crippen LogP contribution in [0.4, 0.5) is 14.5 Å². The smallest absolute Gasteiger partial charge is 0.265 e. The molecule has 0 aliphatic carbocycles. The number of amides is 1. The largest absolute Gasteiger partial charge is 0.378 e. The van der Waals surface area contributed by atoms with Gasteiger partial charge in [-0.25, -0.2) is 23.0 Å². The maximum absolute atomic E-state index is 14.8. The van der Waals surface area contributed by atoms with Crippen molar-refractivity contribution in [1.82, 2.24) is 15.2 Å². The molecule has 9 nitrogen and oxygen atoms in total. The molecule has 0 spiro atoms. The van der Waals surface area contributed by atoms with E-state index in [1.54, 1.807) is 0 Å². The van der Waals surface area contributed by atoms with Crippen molar-refractivity contribution < 1.29 is 26.7 Å². The summed E-state index contributed by atoms with van der Waals surface area (Å²) in [6.07, 6.45) is 0. The third-order valence-electron chi connectivity index (χ3n) is 6.50. The number of piperazine rings is 1. The minimum Gasteiger partial charge on any atom is -0.378 e. The summed E-state index contributed by atoms with van der Waals surface area (Å²) in [6, 6.07) is 7.62. The van der Waals surface area contributed by atoms with Crippen LogP contribution >= 0.6 is 11.6 Å². The van der Waals surface area contributed by atoms with E-state index in [0.29, 0.717) is 12.6 Å². The Morgan fingerprint density at radius 2 is 1.83 bits per heavy atom. The van der Waals surface area contributed by atoms with Crippen LogP contribution in [0.25, 0.3) is 0 Å². The number of nitrogens with zero attached hydrogens (tertiary/aromatic N) is 3. The van der Waals surface area contributed by atoms with Crippen molar-refractivity contribution in [3.8, 4) is 0 Å². The molecule has 0 saturated carbocycles. The van der Waals surface area contributed by atoms with Gasteiger partial charge in [-0.05, 0) is 30.3 Å². The van der Waals surface area contributed by atoms with Gasteiger partial charge in [0.25, 0.3) is 5.91 Å². The molecule has 196 valence electrons. The summed E-state index contributed by atoms with van der Waals surface area (Å²) in [6.45, 7) is 4.52. The molecule has 0 atom stereocenters. The molecular weight excluding hydrogens is 516 g/mol. The number of nitrogen functional groups attached to an aromatic ring is 1. The highest BCUT2D eigenvalue weighted by Crippen LogP contribution is 2.28. The first-order valence-electron chi connectivity index (χ1n) is 11.5. The third-order valence-corrected chi connectivity index (χ3v) is 8.50. The summed E-state index contributed by atoms with van der Waals surface area (Å²) >= 11 is 5.92. The van der Waals surface area contributed by atoms with E-state index in [1.807, 2.05) is 5.43 Å². The molecule has 2 aliphatic rings. The second-order valence-corrected chi connectivity index (χ2v) is 11.2. The van der Waals surface area contributed by atoms with E-state index in [4.69, 9.17) is 22.2 Å². The van der Waals surface area contributed by atoms with Crippen LogP contribution in [0.15, 0.2) is 36.4 Å². The molecule has 2 saturated heterocycles. The second-order valence-electron chi connectivity index (χ2n) is 8.77. The molecular formula is C23H28ClF2N5O4S. The number of ether oxygens (including phenoxy) is 1. The number of halogens is 3. The summed E-state index contributed by atoms with van der Waals surface area (Å²) in [7, 11) is -3.96. The summed E-state index contributed by atoms with van der Waals surface area (Å²) in [5, 5.41) is -0.251. The summed E-state index contributed by atoms with van der Waals surface area (Å²) < 4.78 is 61.8. The van der Waals surface area contributed by atoms with Gasteiger partial charge < -0.3 is 4.74 Å². The topological polar surface area (TPSA) is 108 Å². The lowest BCUT2D eigenvalue weighted by atomic mass is 10.1. The molecule has 3 N–H and O–H groups in total. The number of anilines is 1. The minimum atomic E-state index is -3.96. The summed E-state index contributed by atoms with van der Waals surface area (Å²) in [5.41, 5.74) is 2.05. The van der Waals surface area contributed by atoms with E-state index in [1.165, 1.54) is 24.3 Å². The summed E-state index contributed by atoms with van der Waals surface area (Å²) in [5.74, 6) is 2.72. The van der Waals surface area contributed by atoms with Crippen LogP contribution in [-0.2, 0) is 21.3 Å². The standard InChI is InChI=1S/C23H28ClF2N5O4S/c24-20-12-18(3-4-21(20)25)31(13-17-2-1-16(11-22(17)26)23(32)28-27)36(33,34)10-9-29-5-7-30(8-6-29)19-14-35-15-19/h1-4,11-12,19H,5-10,13-15,27H2,(H,28,32). The Balaban J connectivity index is 1.51. The molecule has 13 heteroatoms. The number of benzene rings is 2. The number of carbonyl (C=O) groups excluding carboxylic acids is 1. The number of hydrogen-bond donors (Lipinski definition) is 2. The van der Waals surface area contributed by atoms with Gasteiger partial charge >= 0.3 is 0 Å². The summed E-state index contributed by atoms with van der Waals surface area (Å²) in [4.78, 5) is 16.1. The van der Waals surface area contributed by atoms with E-state index < -0.39 is 27.6 Å². The van der Waals surface area contributed by atoms with Crippen LogP contribution < -0.4 is 15.6 Å². The van der Waals surface area contributed by atoms with E-state index in [2.05, 4.69) is 9.80 Å². The van der Waals surface area contributed by atoms with Crippen LogP contribution in [0.3, 0.4) is 0 Å².